The van der Waals surface area contributed by atoms with E-state index in [0.29, 0.717) is 5.69 Å². The molecule has 0 bridgehead atoms. The number of carbonyl (C=O) groups is 1. The van der Waals surface area contributed by atoms with Gasteiger partial charge in [-0.2, -0.15) is 0 Å². The van der Waals surface area contributed by atoms with Crippen molar-refractivity contribution in [2.24, 2.45) is 0 Å². The SMILES string of the molecule is O=C(O)C(Nc1ccc(Br)cc1)c1ccc(O)c(F)c1. The Hall–Kier alpha value is -2.08. The molecule has 1 atom stereocenters. The highest BCUT2D eigenvalue weighted by Gasteiger charge is 2.20. The predicted molar refractivity (Wildman–Crippen MR) is 76.2 cm³/mol. The highest BCUT2D eigenvalue weighted by molar-refractivity contribution is 9.10. The lowest BCUT2D eigenvalue weighted by Gasteiger charge is -2.16. The first-order valence-corrected chi connectivity index (χ1v) is 6.50. The number of phenolic OH excluding ortho intramolecular Hbond substituents is 1. The first-order chi connectivity index (χ1) is 9.47. The van der Waals surface area contributed by atoms with Crippen molar-refractivity contribution in [1.29, 1.82) is 0 Å². The molecule has 0 aromatic heterocycles. The molecule has 0 radical (unpaired) electrons. The Bertz CT molecular complexity index is 631. The lowest BCUT2D eigenvalue weighted by Crippen LogP contribution is -2.20. The molecule has 20 heavy (non-hydrogen) atoms. The van der Waals surface area contributed by atoms with Gasteiger partial charge in [0.1, 0.15) is 0 Å². The van der Waals surface area contributed by atoms with Crippen molar-refractivity contribution in [3.63, 3.8) is 0 Å². The number of hydrogen-bond donors (Lipinski definition) is 3. The van der Waals surface area contributed by atoms with Crippen molar-refractivity contribution < 1.29 is 19.4 Å². The van der Waals surface area contributed by atoms with E-state index in [4.69, 9.17) is 5.11 Å². The molecule has 2 rings (SSSR count). The smallest absolute Gasteiger partial charge is 0.330 e. The van der Waals surface area contributed by atoms with E-state index in [2.05, 4.69) is 21.2 Å². The van der Waals surface area contributed by atoms with Crippen LogP contribution in [0.2, 0.25) is 0 Å². The molecule has 104 valence electrons. The Labute approximate surface area is 123 Å². The Kier molecular flexibility index (Phi) is 4.24. The van der Waals surface area contributed by atoms with Gasteiger partial charge in [0.05, 0.1) is 0 Å². The van der Waals surface area contributed by atoms with Crippen LogP contribution in [0.5, 0.6) is 5.75 Å². The number of carboxylic acids is 1. The number of nitrogens with one attached hydrogen (secondary N) is 1. The summed E-state index contributed by atoms with van der Waals surface area (Å²) in [5.41, 5.74) is 0.810. The zero-order valence-electron chi connectivity index (χ0n) is 10.2. The van der Waals surface area contributed by atoms with Crippen LogP contribution in [0.15, 0.2) is 46.9 Å². The van der Waals surface area contributed by atoms with Crippen LogP contribution in [-0.4, -0.2) is 16.2 Å². The molecule has 1 unspecified atom stereocenters. The number of anilines is 1. The van der Waals surface area contributed by atoms with Gasteiger partial charge in [0, 0.05) is 10.2 Å². The van der Waals surface area contributed by atoms with E-state index in [1.807, 2.05) is 0 Å². The molecule has 0 spiro atoms. The van der Waals surface area contributed by atoms with Gasteiger partial charge >= 0.3 is 5.97 Å². The van der Waals surface area contributed by atoms with Gasteiger partial charge in [-0.15, -0.1) is 0 Å². The quantitative estimate of drug-likeness (QED) is 0.796. The van der Waals surface area contributed by atoms with Gasteiger partial charge in [-0.05, 0) is 42.0 Å². The molecular weight excluding hydrogens is 329 g/mol. The third-order valence-electron chi connectivity index (χ3n) is 2.71. The molecule has 0 fully saturated rings. The maximum absolute atomic E-state index is 13.3. The van der Waals surface area contributed by atoms with Crippen LogP contribution in [0, 0.1) is 5.82 Å². The maximum Gasteiger partial charge on any atom is 0.330 e. The average Bonchev–Trinajstić information content (AvgIpc) is 2.41. The number of aromatic hydroxyl groups is 1. The van der Waals surface area contributed by atoms with Gasteiger partial charge in [0.2, 0.25) is 0 Å². The molecule has 4 nitrogen and oxygen atoms in total. The number of aliphatic carboxylic acids is 1. The lowest BCUT2D eigenvalue weighted by molar-refractivity contribution is -0.138. The van der Waals surface area contributed by atoms with E-state index in [0.717, 1.165) is 16.6 Å². The van der Waals surface area contributed by atoms with Crippen molar-refractivity contribution in [2.45, 2.75) is 6.04 Å². The summed E-state index contributed by atoms with van der Waals surface area (Å²) in [6.45, 7) is 0. The van der Waals surface area contributed by atoms with Gasteiger partial charge in [-0.3, -0.25) is 0 Å². The van der Waals surface area contributed by atoms with Crippen LogP contribution < -0.4 is 5.32 Å². The van der Waals surface area contributed by atoms with Gasteiger partial charge in [-0.25, -0.2) is 9.18 Å². The molecule has 0 aliphatic rings. The van der Waals surface area contributed by atoms with Crippen molar-refractivity contribution in [2.75, 3.05) is 5.32 Å². The van der Waals surface area contributed by atoms with E-state index in [9.17, 15) is 14.3 Å². The van der Waals surface area contributed by atoms with Crippen LogP contribution in [0.25, 0.3) is 0 Å². The Morgan fingerprint density at radius 2 is 1.85 bits per heavy atom. The third-order valence-corrected chi connectivity index (χ3v) is 3.24. The molecule has 0 heterocycles. The number of rotatable bonds is 4. The highest BCUT2D eigenvalue weighted by atomic mass is 79.9. The van der Waals surface area contributed by atoms with E-state index in [1.54, 1.807) is 24.3 Å². The summed E-state index contributed by atoms with van der Waals surface area (Å²) >= 11 is 3.28. The number of phenols is 1. The molecule has 6 heteroatoms. The zero-order valence-corrected chi connectivity index (χ0v) is 11.8. The van der Waals surface area contributed by atoms with Crippen molar-refractivity contribution in [3.05, 3.63) is 58.3 Å². The minimum absolute atomic E-state index is 0.218. The largest absolute Gasteiger partial charge is 0.505 e. The summed E-state index contributed by atoms with van der Waals surface area (Å²) in [6.07, 6.45) is 0. The molecule has 0 aliphatic heterocycles. The maximum atomic E-state index is 13.3. The number of halogens is 2. The molecular formula is C14H11BrFNO3. The van der Waals surface area contributed by atoms with E-state index < -0.39 is 23.6 Å². The second-order valence-electron chi connectivity index (χ2n) is 4.13. The number of carboxylic acid groups (broad SMARTS) is 1. The predicted octanol–water partition coefficient (Wildman–Crippen LogP) is 3.53. The van der Waals surface area contributed by atoms with Gasteiger partial charge in [0.15, 0.2) is 17.6 Å². The summed E-state index contributed by atoms with van der Waals surface area (Å²) in [4.78, 5) is 11.3. The second kappa shape index (κ2) is 5.92. The first kappa shape index (κ1) is 14.3. The van der Waals surface area contributed by atoms with Gasteiger partial charge in [0.25, 0.3) is 0 Å². The monoisotopic (exact) mass is 339 g/mol. The van der Waals surface area contributed by atoms with Gasteiger partial charge in [-0.1, -0.05) is 22.0 Å². The molecule has 2 aromatic rings. The summed E-state index contributed by atoms with van der Waals surface area (Å²) < 4.78 is 14.2. The van der Waals surface area contributed by atoms with E-state index >= 15 is 0 Å². The highest BCUT2D eigenvalue weighted by Crippen LogP contribution is 2.25. The fraction of sp³-hybridized carbons (Fsp3) is 0.0714. The summed E-state index contributed by atoms with van der Waals surface area (Å²) in [5.74, 6) is -2.51. The van der Waals surface area contributed by atoms with Crippen molar-refractivity contribution in [3.8, 4) is 5.75 Å². The molecule has 0 aliphatic carbocycles. The third kappa shape index (κ3) is 3.27. The minimum atomic E-state index is -1.14. The lowest BCUT2D eigenvalue weighted by atomic mass is 10.1. The summed E-state index contributed by atoms with van der Waals surface area (Å²) in [7, 11) is 0. The zero-order chi connectivity index (χ0) is 14.7. The van der Waals surface area contributed by atoms with Gasteiger partial charge < -0.3 is 15.5 Å². The standard InChI is InChI=1S/C14H11BrFNO3/c15-9-2-4-10(5-3-9)17-13(14(19)20)8-1-6-12(18)11(16)7-8/h1-7,13,17-18H,(H,19,20). The molecule has 2 aromatic carbocycles. The molecule has 0 saturated heterocycles. The number of benzene rings is 2. The van der Waals surface area contributed by atoms with Crippen LogP contribution in [0.4, 0.5) is 10.1 Å². The first-order valence-electron chi connectivity index (χ1n) is 5.70. The fourth-order valence-electron chi connectivity index (χ4n) is 1.70. The minimum Gasteiger partial charge on any atom is -0.505 e. The van der Waals surface area contributed by atoms with E-state index in [-0.39, 0.29) is 5.56 Å². The summed E-state index contributed by atoms with van der Waals surface area (Å²) in [6, 6.07) is 9.32. The fourth-order valence-corrected chi connectivity index (χ4v) is 1.97. The van der Waals surface area contributed by atoms with Crippen LogP contribution >= 0.6 is 15.9 Å². The Morgan fingerprint density at radius 1 is 1.20 bits per heavy atom. The Morgan fingerprint density at radius 3 is 2.40 bits per heavy atom. The molecule has 0 saturated carbocycles. The molecule has 0 amide bonds. The Balaban J connectivity index is 2.29. The molecule has 3 N–H and O–H groups in total. The van der Waals surface area contributed by atoms with Crippen LogP contribution in [0.3, 0.4) is 0 Å². The summed E-state index contributed by atoms with van der Waals surface area (Å²) in [5, 5.41) is 21.2. The van der Waals surface area contributed by atoms with Crippen LogP contribution in [0.1, 0.15) is 11.6 Å². The number of hydrogen-bond acceptors (Lipinski definition) is 3. The topological polar surface area (TPSA) is 69.6 Å². The van der Waals surface area contributed by atoms with Crippen molar-refractivity contribution in [1.82, 2.24) is 0 Å². The van der Waals surface area contributed by atoms with Crippen molar-refractivity contribution >= 4 is 27.6 Å². The second-order valence-corrected chi connectivity index (χ2v) is 5.05. The average molecular weight is 340 g/mol. The van der Waals surface area contributed by atoms with Crippen LogP contribution in [-0.2, 0) is 4.79 Å². The normalized spacial score (nSPS) is 11.9. The van der Waals surface area contributed by atoms with E-state index in [1.165, 1.54) is 6.07 Å².